The third-order valence-corrected chi connectivity index (χ3v) is 2.92. The minimum atomic E-state index is -0.874. The van der Waals surface area contributed by atoms with E-state index in [1.165, 1.54) is 0 Å². The zero-order chi connectivity index (χ0) is 14.4. The first kappa shape index (κ1) is 14.0. The molecule has 1 heterocycles. The lowest BCUT2D eigenvalue weighted by Gasteiger charge is -2.13. The molecule has 0 spiro atoms. The smallest absolute Gasteiger partial charge is 0.326 e. The lowest BCUT2D eigenvalue weighted by molar-refractivity contribution is -0.138. The van der Waals surface area contributed by atoms with Gasteiger partial charge in [-0.25, -0.2) is 9.78 Å². The minimum Gasteiger partial charge on any atom is -0.480 e. The Balaban J connectivity index is 2.10. The van der Waals surface area contributed by atoms with Crippen LogP contribution in [-0.2, 0) is 4.79 Å². The summed E-state index contributed by atoms with van der Waals surface area (Å²) in [6, 6.07) is 9.09. The highest BCUT2D eigenvalue weighted by atomic mass is 16.4. The molecule has 2 aromatic rings. The number of carboxylic acids is 1. The summed E-state index contributed by atoms with van der Waals surface area (Å²) in [4.78, 5) is 19.6. The van der Waals surface area contributed by atoms with Crippen LogP contribution in [-0.4, -0.2) is 27.1 Å². The van der Waals surface area contributed by atoms with E-state index < -0.39 is 12.0 Å². The summed E-state index contributed by atoms with van der Waals surface area (Å²) in [6.45, 7) is 1.95. The Morgan fingerprint density at radius 1 is 1.25 bits per heavy atom. The van der Waals surface area contributed by atoms with Gasteiger partial charge in [-0.1, -0.05) is 43.7 Å². The molecule has 2 N–H and O–H groups in total. The predicted molar refractivity (Wildman–Crippen MR) is 77.4 cm³/mol. The number of benzene rings is 1. The Bertz CT molecular complexity index is 555. The number of aromatic nitrogens is 2. The van der Waals surface area contributed by atoms with E-state index in [1.807, 2.05) is 37.3 Å². The molecule has 1 aromatic carbocycles. The van der Waals surface area contributed by atoms with Crippen LogP contribution in [0.4, 0.5) is 5.82 Å². The first-order valence-corrected chi connectivity index (χ1v) is 6.57. The van der Waals surface area contributed by atoms with Gasteiger partial charge in [0.05, 0.1) is 18.1 Å². The standard InChI is InChI=1S/C15H17N3O2/c1-2-6-12(15(19)20)18-14-10-16-13(9-17-14)11-7-4-3-5-8-11/h3-5,7-10,12H,2,6H2,1H3,(H,17,18)(H,19,20). The minimum absolute atomic E-state index is 0.477. The van der Waals surface area contributed by atoms with E-state index in [9.17, 15) is 4.79 Å². The Labute approximate surface area is 117 Å². The number of hydrogen-bond acceptors (Lipinski definition) is 4. The number of rotatable bonds is 6. The van der Waals surface area contributed by atoms with Crippen LogP contribution in [0.2, 0.25) is 0 Å². The topological polar surface area (TPSA) is 75.1 Å². The van der Waals surface area contributed by atoms with E-state index in [1.54, 1.807) is 12.4 Å². The lowest BCUT2D eigenvalue weighted by atomic mass is 10.1. The van der Waals surface area contributed by atoms with Crippen LogP contribution in [0.1, 0.15) is 19.8 Å². The first-order chi connectivity index (χ1) is 9.70. The van der Waals surface area contributed by atoms with Gasteiger partial charge in [0, 0.05) is 5.56 Å². The summed E-state index contributed by atoms with van der Waals surface area (Å²) in [6.07, 6.45) is 4.55. The molecule has 5 heteroatoms. The summed E-state index contributed by atoms with van der Waals surface area (Å²) in [5.74, 6) is -0.397. The van der Waals surface area contributed by atoms with Crippen LogP contribution < -0.4 is 5.32 Å². The number of carboxylic acid groups (broad SMARTS) is 1. The van der Waals surface area contributed by atoms with Crippen molar-refractivity contribution in [2.24, 2.45) is 0 Å². The Kier molecular flexibility index (Phi) is 4.65. The first-order valence-electron chi connectivity index (χ1n) is 6.57. The molecule has 0 fully saturated rings. The van der Waals surface area contributed by atoms with Crippen molar-refractivity contribution >= 4 is 11.8 Å². The van der Waals surface area contributed by atoms with Crippen molar-refractivity contribution in [1.82, 2.24) is 9.97 Å². The molecule has 0 saturated heterocycles. The molecule has 5 nitrogen and oxygen atoms in total. The van der Waals surface area contributed by atoms with Gasteiger partial charge in [0.2, 0.25) is 0 Å². The molecule has 1 aromatic heterocycles. The molecular weight excluding hydrogens is 254 g/mol. The fourth-order valence-electron chi connectivity index (χ4n) is 1.89. The van der Waals surface area contributed by atoms with E-state index >= 15 is 0 Å². The fourth-order valence-corrected chi connectivity index (χ4v) is 1.89. The molecule has 0 aliphatic heterocycles. The number of nitrogens with zero attached hydrogens (tertiary/aromatic N) is 2. The molecule has 0 aliphatic rings. The molecule has 2 rings (SSSR count). The van der Waals surface area contributed by atoms with Crippen molar-refractivity contribution in [1.29, 1.82) is 0 Å². The largest absolute Gasteiger partial charge is 0.480 e. The van der Waals surface area contributed by atoms with Gasteiger partial charge in [0.25, 0.3) is 0 Å². The predicted octanol–water partition coefficient (Wildman–Crippen LogP) is 2.81. The highest BCUT2D eigenvalue weighted by molar-refractivity contribution is 5.76. The SMILES string of the molecule is CCCC(Nc1cnc(-c2ccccc2)cn1)C(=O)O. The Morgan fingerprint density at radius 3 is 2.55 bits per heavy atom. The van der Waals surface area contributed by atoms with Crippen LogP contribution in [0.3, 0.4) is 0 Å². The van der Waals surface area contributed by atoms with Crippen molar-refractivity contribution < 1.29 is 9.90 Å². The van der Waals surface area contributed by atoms with E-state index in [0.29, 0.717) is 12.2 Å². The molecule has 20 heavy (non-hydrogen) atoms. The molecular formula is C15H17N3O2. The fraction of sp³-hybridized carbons (Fsp3) is 0.267. The van der Waals surface area contributed by atoms with Gasteiger partial charge in [-0.05, 0) is 6.42 Å². The number of hydrogen-bond donors (Lipinski definition) is 2. The van der Waals surface area contributed by atoms with Gasteiger partial charge in [0.15, 0.2) is 0 Å². The Hall–Kier alpha value is -2.43. The van der Waals surface area contributed by atoms with E-state index in [4.69, 9.17) is 5.11 Å². The average Bonchev–Trinajstić information content (AvgIpc) is 2.48. The van der Waals surface area contributed by atoms with Crippen LogP contribution in [0, 0.1) is 0 Å². The van der Waals surface area contributed by atoms with Gasteiger partial charge in [-0.3, -0.25) is 4.98 Å². The molecule has 0 amide bonds. The summed E-state index contributed by atoms with van der Waals surface area (Å²) in [7, 11) is 0. The van der Waals surface area contributed by atoms with Crippen LogP contribution in [0.15, 0.2) is 42.7 Å². The maximum atomic E-state index is 11.1. The monoisotopic (exact) mass is 271 g/mol. The Morgan fingerprint density at radius 2 is 2.00 bits per heavy atom. The van der Waals surface area contributed by atoms with Gasteiger partial charge >= 0.3 is 5.97 Å². The second-order valence-corrected chi connectivity index (χ2v) is 4.48. The quantitative estimate of drug-likeness (QED) is 0.845. The van der Waals surface area contributed by atoms with Crippen LogP contribution in [0.25, 0.3) is 11.3 Å². The third-order valence-electron chi connectivity index (χ3n) is 2.92. The lowest BCUT2D eigenvalue weighted by Crippen LogP contribution is -2.29. The molecule has 0 radical (unpaired) electrons. The highest BCUT2D eigenvalue weighted by Crippen LogP contribution is 2.16. The zero-order valence-corrected chi connectivity index (χ0v) is 11.3. The summed E-state index contributed by atoms with van der Waals surface area (Å²) >= 11 is 0. The van der Waals surface area contributed by atoms with Gasteiger partial charge in [-0.2, -0.15) is 0 Å². The average molecular weight is 271 g/mol. The second-order valence-electron chi connectivity index (χ2n) is 4.48. The van der Waals surface area contributed by atoms with Gasteiger partial charge in [0.1, 0.15) is 11.9 Å². The van der Waals surface area contributed by atoms with Crippen molar-refractivity contribution in [3.63, 3.8) is 0 Å². The van der Waals surface area contributed by atoms with E-state index in [-0.39, 0.29) is 0 Å². The molecule has 0 aliphatic carbocycles. The van der Waals surface area contributed by atoms with Gasteiger partial charge in [-0.15, -0.1) is 0 Å². The normalized spacial score (nSPS) is 11.8. The van der Waals surface area contributed by atoms with E-state index in [0.717, 1.165) is 17.7 Å². The molecule has 1 atom stereocenters. The number of nitrogens with one attached hydrogen (secondary N) is 1. The second kappa shape index (κ2) is 6.65. The van der Waals surface area contributed by atoms with Crippen LogP contribution in [0.5, 0.6) is 0 Å². The molecule has 1 unspecified atom stereocenters. The van der Waals surface area contributed by atoms with Crippen molar-refractivity contribution in [3.05, 3.63) is 42.7 Å². The summed E-state index contributed by atoms with van der Waals surface area (Å²) in [5, 5.41) is 12.0. The van der Waals surface area contributed by atoms with Gasteiger partial charge < -0.3 is 10.4 Å². The summed E-state index contributed by atoms with van der Waals surface area (Å²) < 4.78 is 0. The number of aliphatic carboxylic acids is 1. The molecule has 0 saturated carbocycles. The molecule has 104 valence electrons. The zero-order valence-electron chi connectivity index (χ0n) is 11.3. The van der Waals surface area contributed by atoms with Crippen molar-refractivity contribution in [2.75, 3.05) is 5.32 Å². The van der Waals surface area contributed by atoms with Crippen molar-refractivity contribution in [3.8, 4) is 11.3 Å². The molecule has 0 bridgehead atoms. The van der Waals surface area contributed by atoms with Crippen LogP contribution >= 0.6 is 0 Å². The van der Waals surface area contributed by atoms with E-state index in [2.05, 4.69) is 15.3 Å². The number of carbonyl (C=O) groups is 1. The summed E-state index contributed by atoms with van der Waals surface area (Å²) in [5.41, 5.74) is 1.74. The maximum absolute atomic E-state index is 11.1. The van der Waals surface area contributed by atoms with Crippen molar-refractivity contribution in [2.45, 2.75) is 25.8 Å². The maximum Gasteiger partial charge on any atom is 0.326 e. The third kappa shape index (κ3) is 3.54. The highest BCUT2D eigenvalue weighted by Gasteiger charge is 2.16. The number of anilines is 1.